The van der Waals surface area contributed by atoms with E-state index in [-0.39, 0.29) is 5.91 Å². The maximum atomic E-state index is 11.9. The number of rotatable bonds is 1. The van der Waals surface area contributed by atoms with Crippen molar-refractivity contribution in [1.29, 1.82) is 0 Å². The number of fused-ring (bicyclic) bond motifs is 2. The average Bonchev–Trinajstić information content (AvgIpc) is 2.92. The van der Waals surface area contributed by atoms with Gasteiger partial charge in [0.1, 0.15) is 0 Å². The van der Waals surface area contributed by atoms with Crippen LogP contribution in [-0.4, -0.2) is 24.4 Å². The number of carbonyl (C=O) groups is 1. The molecule has 0 aromatic heterocycles. The number of carbonyl (C=O) groups excluding carboxylic acids is 1. The number of anilines is 1. The highest BCUT2D eigenvalue weighted by Gasteiger charge is 2.31. The van der Waals surface area contributed by atoms with Gasteiger partial charge in [-0.3, -0.25) is 9.79 Å². The smallest absolute Gasteiger partial charge is 0.247 e. The van der Waals surface area contributed by atoms with E-state index in [0.29, 0.717) is 13.0 Å². The van der Waals surface area contributed by atoms with Crippen LogP contribution in [0.15, 0.2) is 63.4 Å². The molecule has 0 saturated carbocycles. The van der Waals surface area contributed by atoms with Crippen molar-refractivity contribution in [1.82, 2.24) is 0 Å². The summed E-state index contributed by atoms with van der Waals surface area (Å²) in [5.74, 6) is -0.0315. The van der Waals surface area contributed by atoms with Crippen molar-refractivity contribution in [2.24, 2.45) is 9.98 Å². The van der Waals surface area contributed by atoms with Crippen molar-refractivity contribution in [2.75, 3.05) is 11.4 Å². The first kappa shape index (κ1) is 12.3. The highest BCUT2D eigenvalue weighted by atomic mass is 16.1. The van der Waals surface area contributed by atoms with Crippen LogP contribution in [0.2, 0.25) is 0 Å². The maximum absolute atomic E-state index is 11.9. The van der Waals surface area contributed by atoms with Crippen molar-refractivity contribution in [3.8, 4) is 0 Å². The van der Waals surface area contributed by atoms with Crippen molar-refractivity contribution >= 4 is 23.5 Å². The molecule has 0 atom stereocenters. The van der Waals surface area contributed by atoms with E-state index in [1.807, 2.05) is 24.4 Å². The molecule has 4 heteroatoms. The maximum Gasteiger partial charge on any atom is 0.247 e. The molecule has 0 bridgehead atoms. The summed E-state index contributed by atoms with van der Waals surface area (Å²) < 4.78 is 0. The fourth-order valence-electron chi connectivity index (χ4n) is 3.07. The summed E-state index contributed by atoms with van der Waals surface area (Å²) in [6.07, 6.45) is 6.07. The van der Waals surface area contributed by atoms with Gasteiger partial charge >= 0.3 is 0 Å². The van der Waals surface area contributed by atoms with E-state index >= 15 is 0 Å². The molecule has 104 valence electrons. The molecule has 0 fully saturated rings. The van der Waals surface area contributed by atoms with Crippen LogP contribution in [0.5, 0.6) is 0 Å². The van der Waals surface area contributed by atoms with Crippen LogP contribution in [0, 0.1) is 0 Å². The Morgan fingerprint density at radius 3 is 2.76 bits per heavy atom. The Labute approximate surface area is 123 Å². The van der Waals surface area contributed by atoms with Crippen molar-refractivity contribution in [3.63, 3.8) is 0 Å². The topological polar surface area (TPSA) is 45.0 Å². The number of nitrogens with zero attached hydrogens (tertiary/aromatic N) is 3. The predicted molar refractivity (Wildman–Crippen MR) is 83.7 cm³/mol. The molecule has 0 saturated heterocycles. The van der Waals surface area contributed by atoms with Crippen LogP contribution in [-0.2, 0) is 4.79 Å². The van der Waals surface area contributed by atoms with Gasteiger partial charge in [0.05, 0.1) is 17.1 Å². The van der Waals surface area contributed by atoms with E-state index in [9.17, 15) is 4.79 Å². The largest absolute Gasteiger partial charge is 0.338 e. The van der Waals surface area contributed by atoms with Crippen LogP contribution in [0.3, 0.4) is 0 Å². The Hall–Kier alpha value is -2.49. The lowest BCUT2D eigenvalue weighted by atomic mass is 9.94. The van der Waals surface area contributed by atoms with Crippen molar-refractivity contribution in [2.45, 2.75) is 19.3 Å². The van der Waals surface area contributed by atoms with Gasteiger partial charge in [-0.25, -0.2) is 4.99 Å². The molecule has 2 heterocycles. The van der Waals surface area contributed by atoms with E-state index in [4.69, 9.17) is 0 Å². The summed E-state index contributed by atoms with van der Waals surface area (Å²) in [4.78, 5) is 22.9. The van der Waals surface area contributed by atoms with Gasteiger partial charge < -0.3 is 4.90 Å². The summed E-state index contributed by atoms with van der Waals surface area (Å²) in [5.41, 5.74) is 5.22. The van der Waals surface area contributed by atoms with Crippen LogP contribution in [0.4, 0.5) is 5.69 Å². The zero-order valence-electron chi connectivity index (χ0n) is 11.6. The van der Waals surface area contributed by atoms with Crippen LogP contribution in [0.1, 0.15) is 19.3 Å². The highest BCUT2D eigenvalue weighted by molar-refractivity contribution is 6.12. The number of hydrogen-bond acceptors (Lipinski definition) is 3. The van der Waals surface area contributed by atoms with E-state index in [0.717, 1.165) is 35.6 Å². The Morgan fingerprint density at radius 2 is 1.90 bits per heavy atom. The third-order valence-corrected chi connectivity index (χ3v) is 4.06. The third kappa shape index (κ3) is 2.03. The van der Waals surface area contributed by atoms with E-state index in [2.05, 4.69) is 33.1 Å². The number of hydrogen-bond donors (Lipinski definition) is 0. The van der Waals surface area contributed by atoms with Gasteiger partial charge in [-0.1, -0.05) is 18.2 Å². The second kappa shape index (κ2) is 4.81. The fourth-order valence-corrected chi connectivity index (χ4v) is 3.07. The van der Waals surface area contributed by atoms with Gasteiger partial charge in [-0.05, 0) is 36.6 Å². The Balaban J connectivity index is 1.91. The normalized spacial score (nSPS) is 20.8. The molecule has 0 N–H and O–H groups in total. The monoisotopic (exact) mass is 277 g/mol. The molecule has 0 radical (unpaired) electrons. The van der Waals surface area contributed by atoms with Gasteiger partial charge in [-0.2, -0.15) is 0 Å². The van der Waals surface area contributed by atoms with Gasteiger partial charge in [-0.15, -0.1) is 0 Å². The first-order valence-corrected chi connectivity index (χ1v) is 7.24. The van der Waals surface area contributed by atoms with Crippen molar-refractivity contribution in [3.05, 3.63) is 53.4 Å². The number of para-hydroxylation sites is 1. The molecular formula is C17H15N3O. The molecule has 3 aliphatic rings. The minimum Gasteiger partial charge on any atom is -0.338 e. The third-order valence-electron chi connectivity index (χ3n) is 4.06. The molecule has 0 spiro atoms. The number of allylic oxidation sites excluding steroid dienone is 3. The van der Waals surface area contributed by atoms with E-state index < -0.39 is 0 Å². The van der Waals surface area contributed by atoms with E-state index in [1.54, 1.807) is 0 Å². The molecule has 1 aromatic carbocycles. The zero-order chi connectivity index (χ0) is 14.2. The summed E-state index contributed by atoms with van der Waals surface area (Å²) >= 11 is 0. The summed E-state index contributed by atoms with van der Waals surface area (Å²) in [6.45, 7) is 0.650. The van der Waals surface area contributed by atoms with Gasteiger partial charge in [0.15, 0.2) is 0 Å². The Morgan fingerprint density at radius 1 is 1.05 bits per heavy atom. The lowest BCUT2D eigenvalue weighted by Crippen LogP contribution is -2.30. The standard InChI is InChI=1S/C17H15N3O/c21-15-9-11-20(13-4-2-1-3-5-13)17-14(19-15)7-6-12-8-10-18-16(12)17/h1-5,8,10H,6-7,9,11H2. The fraction of sp³-hybridized carbons (Fsp3) is 0.235. The van der Waals surface area contributed by atoms with Crippen molar-refractivity contribution < 1.29 is 4.79 Å². The van der Waals surface area contributed by atoms with Crippen LogP contribution in [0.25, 0.3) is 0 Å². The highest BCUT2D eigenvalue weighted by Crippen LogP contribution is 2.36. The zero-order valence-corrected chi connectivity index (χ0v) is 11.6. The van der Waals surface area contributed by atoms with Gasteiger partial charge in [0, 0.05) is 24.9 Å². The summed E-state index contributed by atoms with van der Waals surface area (Å²) in [6, 6.07) is 10.2. The molecule has 4 nitrogen and oxygen atoms in total. The molecule has 4 rings (SSSR count). The Kier molecular flexibility index (Phi) is 2.81. The predicted octanol–water partition coefficient (Wildman–Crippen LogP) is 2.88. The molecule has 1 aromatic rings. The van der Waals surface area contributed by atoms with Gasteiger partial charge in [0.2, 0.25) is 5.91 Å². The van der Waals surface area contributed by atoms with Gasteiger partial charge in [0.25, 0.3) is 0 Å². The second-order valence-corrected chi connectivity index (χ2v) is 5.36. The van der Waals surface area contributed by atoms with Crippen LogP contribution < -0.4 is 4.90 Å². The minimum absolute atomic E-state index is 0.0315. The minimum atomic E-state index is -0.0315. The quantitative estimate of drug-likeness (QED) is 0.792. The SMILES string of the molecule is O=C1CCN(c2ccccc2)C2=C3N=CC=C3CCC2=N1. The molecule has 1 aliphatic carbocycles. The number of amides is 1. The summed E-state index contributed by atoms with van der Waals surface area (Å²) in [7, 11) is 0. The van der Waals surface area contributed by atoms with E-state index in [1.165, 1.54) is 5.57 Å². The lowest BCUT2D eigenvalue weighted by molar-refractivity contribution is -0.117. The second-order valence-electron chi connectivity index (χ2n) is 5.36. The molecule has 0 unspecified atom stereocenters. The molecule has 1 amide bonds. The first-order valence-electron chi connectivity index (χ1n) is 7.24. The Bertz CT molecular complexity index is 726. The molecular weight excluding hydrogens is 262 g/mol. The lowest BCUT2D eigenvalue weighted by Gasteiger charge is -2.30. The average molecular weight is 277 g/mol. The molecule has 2 aliphatic heterocycles. The number of aliphatic imine (C=N–C) groups is 2. The summed E-state index contributed by atoms with van der Waals surface area (Å²) in [5, 5.41) is 0. The first-order chi connectivity index (χ1) is 10.3. The van der Waals surface area contributed by atoms with Crippen LogP contribution >= 0.6 is 0 Å². The molecule has 21 heavy (non-hydrogen) atoms. The number of benzene rings is 1.